The molecule has 1 aliphatic heterocycles. The number of rotatable bonds is 3. The van der Waals surface area contributed by atoms with Gasteiger partial charge in [-0.05, 0) is 17.7 Å². The average molecular weight is 387 g/mol. The molecular weight excluding hydrogens is 371 g/mol. The number of carbonyl (C=O) groups is 1. The largest absolute Gasteiger partial charge is 0.416 e. The molecular formula is C19H16F3N5O. The van der Waals surface area contributed by atoms with Crippen molar-refractivity contribution < 1.29 is 18.0 Å². The number of aromatic nitrogens is 3. The van der Waals surface area contributed by atoms with Crippen molar-refractivity contribution >= 4 is 22.8 Å². The predicted octanol–water partition coefficient (Wildman–Crippen LogP) is 3.26. The number of halogens is 3. The van der Waals surface area contributed by atoms with Crippen LogP contribution in [0.15, 0.2) is 42.9 Å². The van der Waals surface area contributed by atoms with E-state index in [1.165, 1.54) is 24.5 Å². The first-order chi connectivity index (χ1) is 13.3. The zero-order chi connectivity index (χ0) is 19.9. The number of nitrogens with zero attached hydrogens (tertiary/aromatic N) is 3. The van der Waals surface area contributed by atoms with E-state index < -0.39 is 11.7 Å². The van der Waals surface area contributed by atoms with Crippen LogP contribution in [-0.4, -0.2) is 33.4 Å². The molecule has 1 aromatic carbocycles. The number of hydrogen-bond donors (Lipinski definition) is 2. The van der Waals surface area contributed by atoms with Crippen molar-refractivity contribution in [3.05, 3.63) is 48.4 Å². The predicted molar refractivity (Wildman–Crippen MR) is 97.4 cm³/mol. The molecule has 2 N–H and O–H groups in total. The Hall–Kier alpha value is -3.23. The highest BCUT2D eigenvalue weighted by Gasteiger charge is 2.32. The molecule has 1 amide bonds. The summed E-state index contributed by atoms with van der Waals surface area (Å²) in [6, 6.07) is 4.70. The Labute approximate surface area is 158 Å². The van der Waals surface area contributed by atoms with Gasteiger partial charge in [0, 0.05) is 30.7 Å². The van der Waals surface area contributed by atoms with E-state index in [9.17, 15) is 18.0 Å². The van der Waals surface area contributed by atoms with Gasteiger partial charge in [-0.2, -0.15) is 13.2 Å². The second-order valence-electron chi connectivity index (χ2n) is 6.63. The second kappa shape index (κ2) is 6.74. The van der Waals surface area contributed by atoms with Gasteiger partial charge in [-0.25, -0.2) is 9.97 Å². The molecule has 1 aliphatic rings. The van der Waals surface area contributed by atoms with Crippen LogP contribution in [0.25, 0.3) is 22.2 Å². The van der Waals surface area contributed by atoms with Crippen molar-refractivity contribution in [2.75, 3.05) is 11.9 Å². The molecule has 9 heteroatoms. The van der Waals surface area contributed by atoms with Gasteiger partial charge in [0.1, 0.15) is 11.0 Å². The smallest absolute Gasteiger partial charge is 0.363 e. The third kappa shape index (κ3) is 3.23. The molecule has 3 aromatic rings. The molecule has 0 saturated carbocycles. The number of nitrogens with one attached hydrogen (secondary N) is 2. The second-order valence-corrected chi connectivity index (χ2v) is 6.63. The summed E-state index contributed by atoms with van der Waals surface area (Å²) in [5.41, 5.74) is 1.43. The molecule has 3 heterocycles. The van der Waals surface area contributed by atoms with Crippen LogP contribution in [0.1, 0.15) is 12.5 Å². The summed E-state index contributed by atoms with van der Waals surface area (Å²) < 4.78 is 38.4. The van der Waals surface area contributed by atoms with Crippen LogP contribution in [0.3, 0.4) is 0 Å². The van der Waals surface area contributed by atoms with Gasteiger partial charge in [-0.1, -0.05) is 19.1 Å². The lowest BCUT2D eigenvalue weighted by Gasteiger charge is -2.17. The third-order valence-corrected chi connectivity index (χ3v) is 4.86. The number of carbonyl (C=O) groups excluding carboxylic acids is 1. The molecule has 28 heavy (non-hydrogen) atoms. The molecule has 0 radical (unpaired) electrons. The van der Waals surface area contributed by atoms with Crippen LogP contribution in [0, 0.1) is 5.92 Å². The lowest BCUT2D eigenvalue weighted by molar-refractivity contribution is -0.137. The minimum Gasteiger partial charge on any atom is -0.363 e. The summed E-state index contributed by atoms with van der Waals surface area (Å²) in [6.45, 7) is 2.30. The Balaban J connectivity index is 1.73. The first-order valence-corrected chi connectivity index (χ1v) is 8.66. The van der Waals surface area contributed by atoms with Gasteiger partial charge in [-0.3, -0.25) is 9.78 Å². The van der Waals surface area contributed by atoms with Crippen molar-refractivity contribution in [3.8, 4) is 11.1 Å². The van der Waals surface area contributed by atoms with Crippen molar-refractivity contribution in [1.82, 2.24) is 20.3 Å². The van der Waals surface area contributed by atoms with Gasteiger partial charge >= 0.3 is 6.18 Å². The van der Waals surface area contributed by atoms with Gasteiger partial charge < -0.3 is 10.6 Å². The van der Waals surface area contributed by atoms with Crippen LogP contribution >= 0.6 is 0 Å². The molecule has 144 valence electrons. The molecule has 6 nitrogen and oxygen atoms in total. The summed E-state index contributed by atoms with van der Waals surface area (Å²) in [4.78, 5) is 24.8. The Morgan fingerprint density at radius 2 is 1.75 bits per heavy atom. The molecule has 0 bridgehead atoms. The van der Waals surface area contributed by atoms with E-state index in [2.05, 4.69) is 25.6 Å². The van der Waals surface area contributed by atoms with E-state index in [0.717, 1.165) is 12.1 Å². The topological polar surface area (TPSA) is 79.8 Å². The van der Waals surface area contributed by atoms with Gasteiger partial charge in [0.15, 0.2) is 5.82 Å². The maximum Gasteiger partial charge on any atom is 0.416 e. The van der Waals surface area contributed by atoms with Gasteiger partial charge in [-0.15, -0.1) is 0 Å². The molecule has 1 saturated heterocycles. The van der Waals surface area contributed by atoms with E-state index in [1.807, 2.05) is 6.92 Å². The Morgan fingerprint density at radius 3 is 2.36 bits per heavy atom. The minimum atomic E-state index is -4.39. The highest BCUT2D eigenvalue weighted by atomic mass is 19.4. The van der Waals surface area contributed by atoms with E-state index in [1.54, 1.807) is 6.20 Å². The SMILES string of the molecule is C[C@@H]1C(=O)NC[C@H]1Nc1ncc(-c2ccc(C(F)(F)F)cc2)c2nccnc12. The molecule has 0 spiro atoms. The molecule has 0 aliphatic carbocycles. The highest BCUT2D eigenvalue weighted by Crippen LogP contribution is 2.33. The molecule has 2 aromatic heterocycles. The highest BCUT2D eigenvalue weighted by molar-refractivity contribution is 5.96. The van der Waals surface area contributed by atoms with E-state index in [0.29, 0.717) is 34.5 Å². The third-order valence-electron chi connectivity index (χ3n) is 4.86. The number of pyridine rings is 1. The summed E-state index contributed by atoms with van der Waals surface area (Å²) in [6.07, 6.45) is 0.197. The Kier molecular flexibility index (Phi) is 4.37. The Morgan fingerprint density at radius 1 is 1.07 bits per heavy atom. The van der Waals surface area contributed by atoms with E-state index in [-0.39, 0.29) is 17.9 Å². The molecule has 2 atom stereocenters. The average Bonchev–Trinajstić information content (AvgIpc) is 3.00. The first kappa shape index (κ1) is 18.1. The van der Waals surface area contributed by atoms with Crippen molar-refractivity contribution in [1.29, 1.82) is 0 Å². The minimum absolute atomic E-state index is 0.0331. The van der Waals surface area contributed by atoms with E-state index >= 15 is 0 Å². The standard InChI is InChI=1S/C19H16F3N5O/c1-10-14(9-26-18(10)28)27-17-16-15(23-6-7-24-16)13(8-25-17)11-2-4-12(5-3-11)19(20,21)22/h2-8,10,14H,9H2,1H3,(H,25,27)(H,26,28)/t10-,14+/m0/s1. The van der Waals surface area contributed by atoms with Crippen LogP contribution in [-0.2, 0) is 11.0 Å². The summed E-state index contributed by atoms with van der Waals surface area (Å²) >= 11 is 0. The maximum atomic E-state index is 12.8. The fourth-order valence-corrected chi connectivity index (χ4v) is 3.20. The monoisotopic (exact) mass is 387 g/mol. The lowest BCUT2D eigenvalue weighted by atomic mass is 10.0. The van der Waals surface area contributed by atoms with Crippen LogP contribution < -0.4 is 10.6 Å². The summed E-state index contributed by atoms with van der Waals surface area (Å²) in [7, 11) is 0. The first-order valence-electron chi connectivity index (χ1n) is 8.66. The van der Waals surface area contributed by atoms with Gasteiger partial charge in [0.2, 0.25) is 5.91 Å². The van der Waals surface area contributed by atoms with Crippen molar-refractivity contribution in [3.63, 3.8) is 0 Å². The van der Waals surface area contributed by atoms with Gasteiger partial charge in [0.05, 0.1) is 17.5 Å². The van der Waals surface area contributed by atoms with Crippen LogP contribution in [0.5, 0.6) is 0 Å². The maximum absolute atomic E-state index is 12.8. The van der Waals surface area contributed by atoms with Crippen LogP contribution in [0.4, 0.5) is 19.0 Å². The van der Waals surface area contributed by atoms with Crippen LogP contribution in [0.2, 0.25) is 0 Å². The van der Waals surface area contributed by atoms with E-state index in [4.69, 9.17) is 0 Å². The number of anilines is 1. The number of fused-ring (bicyclic) bond motifs is 1. The molecule has 4 rings (SSSR count). The fourth-order valence-electron chi connectivity index (χ4n) is 3.20. The molecule has 1 fully saturated rings. The zero-order valence-electron chi connectivity index (χ0n) is 14.8. The van der Waals surface area contributed by atoms with Crippen molar-refractivity contribution in [2.45, 2.75) is 19.1 Å². The molecule has 0 unspecified atom stereocenters. The normalized spacial score (nSPS) is 19.6. The van der Waals surface area contributed by atoms with Gasteiger partial charge in [0.25, 0.3) is 0 Å². The quantitative estimate of drug-likeness (QED) is 0.721. The fraction of sp³-hybridized carbons (Fsp3) is 0.263. The lowest BCUT2D eigenvalue weighted by Crippen LogP contribution is -2.27. The summed E-state index contributed by atoms with van der Waals surface area (Å²) in [5.74, 6) is 0.226. The van der Waals surface area contributed by atoms with Crippen molar-refractivity contribution in [2.24, 2.45) is 5.92 Å². The zero-order valence-corrected chi connectivity index (χ0v) is 14.8. The Bertz CT molecular complexity index is 1040. The number of hydrogen-bond acceptors (Lipinski definition) is 5. The summed E-state index contributed by atoms with van der Waals surface area (Å²) in [5, 5.41) is 6.01. The number of amides is 1. The number of alkyl halides is 3. The number of benzene rings is 1.